The Morgan fingerprint density at radius 3 is 2.68 bits per heavy atom. The number of thioether (sulfide) groups is 1. The normalized spacial score (nSPS) is 20.5. The summed E-state index contributed by atoms with van der Waals surface area (Å²) in [7, 11) is 0. The summed E-state index contributed by atoms with van der Waals surface area (Å²) < 4.78 is 10.0. The number of carbonyl (C=O) groups excluding carboxylic acids is 4. The molecule has 140 valence electrons. The molecule has 0 radical (unpaired) electrons. The van der Waals surface area contributed by atoms with E-state index in [0.29, 0.717) is 26.1 Å². The molecule has 0 bridgehead atoms. The van der Waals surface area contributed by atoms with Crippen molar-refractivity contribution in [3.05, 3.63) is 0 Å². The molecule has 0 N–H and O–H groups in total. The first-order chi connectivity index (χ1) is 12.0. The minimum Gasteiger partial charge on any atom is -0.464 e. The van der Waals surface area contributed by atoms with Gasteiger partial charge >= 0.3 is 11.9 Å². The van der Waals surface area contributed by atoms with Gasteiger partial charge in [0.25, 0.3) is 11.1 Å². The predicted molar refractivity (Wildman–Crippen MR) is 91.0 cm³/mol. The standard InChI is InChI=1S/C16H24N2O6S/c1-2-23-15(21)12-5-3-4-7-18(12)13(19)11-24-14(20)6-8-17-9-10-25-16(17)22/h12H,2-11H2,1H3. The van der Waals surface area contributed by atoms with Crippen LogP contribution in [0.4, 0.5) is 4.79 Å². The van der Waals surface area contributed by atoms with Crippen molar-refractivity contribution in [1.82, 2.24) is 9.80 Å². The number of hydrogen-bond acceptors (Lipinski definition) is 7. The van der Waals surface area contributed by atoms with Crippen molar-refractivity contribution in [2.75, 3.05) is 38.6 Å². The van der Waals surface area contributed by atoms with Crippen LogP contribution >= 0.6 is 11.8 Å². The van der Waals surface area contributed by atoms with E-state index >= 15 is 0 Å². The Kier molecular flexibility index (Phi) is 7.54. The number of amides is 2. The molecule has 0 aliphatic carbocycles. The summed E-state index contributed by atoms with van der Waals surface area (Å²) >= 11 is 1.23. The molecule has 1 unspecified atom stereocenters. The maximum atomic E-state index is 12.3. The van der Waals surface area contributed by atoms with Crippen molar-refractivity contribution in [1.29, 1.82) is 0 Å². The molecule has 0 saturated carbocycles. The lowest BCUT2D eigenvalue weighted by Gasteiger charge is -2.33. The van der Waals surface area contributed by atoms with E-state index in [-0.39, 0.29) is 24.2 Å². The monoisotopic (exact) mass is 372 g/mol. The van der Waals surface area contributed by atoms with E-state index in [1.165, 1.54) is 16.7 Å². The zero-order valence-electron chi connectivity index (χ0n) is 14.4. The third-order valence-electron chi connectivity index (χ3n) is 4.17. The lowest BCUT2D eigenvalue weighted by molar-refractivity contribution is -0.161. The van der Waals surface area contributed by atoms with Gasteiger partial charge in [0.2, 0.25) is 0 Å². The smallest absolute Gasteiger partial charge is 0.328 e. The Balaban J connectivity index is 1.76. The molecule has 0 aromatic rings. The van der Waals surface area contributed by atoms with E-state index in [4.69, 9.17) is 9.47 Å². The van der Waals surface area contributed by atoms with E-state index in [1.807, 2.05) is 0 Å². The fourth-order valence-electron chi connectivity index (χ4n) is 2.87. The van der Waals surface area contributed by atoms with Crippen LogP contribution in [-0.2, 0) is 23.9 Å². The van der Waals surface area contributed by atoms with Gasteiger partial charge in [0.05, 0.1) is 13.0 Å². The fraction of sp³-hybridized carbons (Fsp3) is 0.750. The summed E-state index contributed by atoms with van der Waals surface area (Å²) in [6.45, 7) is 2.98. The number of carbonyl (C=O) groups is 4. The lowest BCUT2D eigenvalue weighted by Crippen LogP contribution is -2.50. The van der Waals surface area contributed by atoms with E-state index < -0.39 is 24.6 Å². The second-order valence-electron chi connectivity index (χ2n) is 5.86. The van der Waals surface area contributed by atoms with E-state index in [2.05, 4.69) is 0 Å². The summed E-state index contributed by atoms with van der Waals surface area (Å²) in [6.07, 6.45) is 2.29. The highest BCUT2D eigenvalue weighted by Gasteiger charge is 2.33. The Morgan fingerprint density at radius 1 is 1.20 bits per heavy atom. The topological polar surface area (TPSA) is 93.2 Å². The number of rotatable bonds is 7. The second-order valence-corrected chi connectivity index (χ2v) is 6.91. The summed E-state index contributed by atoms with van der Waals surface area (Å²) in [6, 6.07) is -0.598. The van der Waals surface area contributed by atoms with Crippen LogP contribution in [0.25, 0.3) is 0 Å². The SMILES string of the molecule is CCOC(=O)C1CCCCN1C(=O)COC(=O)CCN1CCSC1=O. The van der Waals surface area contributed by atoms with Crippen LogP contribution in [0.1, 0.15) is 32.6 Å². The molecule has 2 saturated heterocycles. The van der Waals surface area contributed by atoms with Gasteiger partial charge < -0.3 is 19.3 Å². The molecular weight excluding hydrogens is 348 g/mol. The van der Waals surface area contributed by atoms with Gasteiger partial charge in [-0.1, -0.05) is 11.8 Å². The van der Waals surface area contributed by atoms with Gasteiger partial charge in [-0.05, 0) is 26.2 Å². The van der Waals surface area contributed by atoms with Crippen molar-refractivity contribution in [3.63, 3.8) is 0 Å². The van der Waals surface area contributed by atoms with Crippen molar-refractivity contribution in [2.24, 2.45) is 0 Å². The highest BCUT2D eigenvalue weighted by atomic mass is 32.2. The predicted octanol–water partition coefficient (Wildman–Crippen LogP) is 1.03. The lowest BCUT2D eigenvalue weighted by atomic mass is 10.0. The summed E-state index contributed by atoms with van der Waals surface area (Å²) in [5, 5.41) is -0.0329. The van der Waals surface area contributed by atoms with Crippen molar-refractivity contribution < 1.29 is 28.7 Å². The number of hydrogen-bond donors (Lipinski definition) is 0. The van der Waals surface area contributed by atoms with Crippen LogP contribution in [0.15, 0.2) is 0 Å². The van der Waals surface area contributed by atoms with E-state index in [0.717, 1.165) is 18.6 Å². The fourth-order valence-corrected chi connectivity index (χ4v) is 3.72. The molecule has 25 heavy (non-hydrogen) atoms. The minimum absolute atomic E-state index is 0.0329. The molecule has 2 amide bonds. The molecule has 2 aliphatic rings. The molecule has 0 aromatic carbocycles. The van der Waals surface area contributed by atoms with Crippen molar-refractivity contribution in [2.45, 2.75) is 38.6 Å². The van der Waals surface area contributed by atoms with Gasteiger partial charge in [0.15, 0.2) is 6.61 Å². The largest absolute Gasteiger partial charge is 0.464 e. The molecular formula is C16H24N2O6S. The molecule has 1 atom stereocenters. The van der Waals surface area contributed by atoms with Crippen LogP contribution in [0, 0.1) is 0 Å². The van der Waals surface area contributed by atoms with Gasteiger partial charge in [0.1, 0.15) is 6.04 Å². The molecule has 2 heterocycles. The van der Waals surface area contributed by atoms with Gasteiger partial charge in [-0.15, -0.1) is 0 Å². The minimum atomic E-state index is -0.598. The maximum Gasteiger partial charge on any atom is 0.328 e. The molecule has 2 rings (SSSR count). The average molecular weight is 372 g/mol. The summed E-state index contributed by atoms with van der Waals surface area (Å²) in [5.41, 5.74) is 0. The molecule has 2 fully saturated rings. The number of esters is 2. The molecule has 8 nitrogen and oxygen atoms in total. The zero-order valence-corrected chi connectivity index (χ0v) is 15.2. The zero-order chi connectivity index (χ0) is 18.2. The Hall–Kier alpha value is -1.77. The first kappa shape index (κ1) is 19.6. The van der Waals surface area contributed by atoms with Crippen molar-refractivity contribution >= 4 is 34.8 Å². The van der Waals surface area contributed by atoms with Crippen LogP contribution in [0.3, 0.4) is 0 Å². The number of ether oxygens (including phenoxy) is 2. The first-order valence-corrected chi connectivity index (χ1v) is 9.55. The van der Waals surface area contributed by atoms with Crippen LogP contribution < -0.4 is 0 Å². The molecule has 0 aromatic heterocycles. The second kappa shape index (κ2) is 9.65. The molecule has 9 heteroatoms. The average Bonchev–Trinajstić information content (AvgIpc) is 3.03. The van der Waals surface area contributed by atoms with Crippen molar-refractivity contribution in [3.8, 4) is 0 Å². The van der Waals surface area contributed by atoms with Gasteiger partial charge in [0, 0.05) is 25.4 Å². The van der Waals surface area contributed by atoms with Gasteiger partial charge in [-0.3, -0.25) is 14.4 Å². The first-order valence-electron chi connectivity index (χ1n) is 8.56. The third kappa shape index (κ3) is 5.62. The summed E-state index contributed by atoms with van der Waals surface area (Å²) in [4.78, 5) is 50.5. The Bertz CT molecular complexity index is 527. The third-order valence-corrected chi connectivity index (χ3v) is 5.06. The maximum absolute atomic E-state index is 12.3. The van der Waals surface area contributed by atoms with Crippen LogP contribution in [0.2, 0.25) is 0 Å². The number of piperidine rings is 1. The van der Waals surface area contributed by atoms with Crippen LogP contribution in [0.5, 0.6) is 0 Å². The highest BCUT2D eigenvalue weighted by Crippen LogP contribution is 2.19. The quantitative estimate of drug-likeness (QED) is 0.616. The van der Waals surface area contributed by atoms with Gasteiger partial charge in [-0.25, -0.2) is 4.79 Å². The van der Waals surface area contributed by atoms with E-state index in [9.17, 15) is 19.2 Å². The van der Waals surface area contributed by atoms with Gasteiger partial charge in [-0.2, -0.15) is 0 Å². The van der Waals surface area contributed by atoms with E-state index in [1.54, 1.807) is 11.8 Å². The Labute approximate surface area is 151 Å². The Morgan fingerprint density at radius 2 is 2.00 bits per heavy atom. The number of likely N-dealkylation sites (tertiary alicyclic amines) is 1. The van der Waals surface area contributed by atoms with Crippen LogP contribution in [-0.4, -0.2) is 77.5 Å². The number of nitrogens with zero attached hydrogens (tertiary/aromatic N) is 2. The molecule has 0 spiro atoms. The highest BCUT2D eigenvalue weighted by molar-refractivity contribution is 8.13. The molecule has 2 aliphatic heterocycles. The summed E-state index contributed by atoms with van der Waals surface area (Å²) in [5.74, 6) is -0.593.